The Kier molecular flexibility index (Phi) is 3.43. The Hall–Kier alpha value is -3.03. The number of aryl methyl sites for hydroxylation is 1. The lowest BCUT2D eigenvalue weighted by Gasteiger charge is -2.33. The quantitative estimate of drug-likeness (QED) is 0.721. The van der Waals surface area contributed by atoms with Gasteiger partial charge in [-0.05, 0) is 37.8 Å². The SMILES string of the molecule is Cc1cnc2[nH]ccc2c1N1CCCN(C(=O)c2cnoc2N)C2(CC2)C1. The zero-order valence-electron chi connectivity index (χ0n) is 15.2. The number of carbonyl (C=O) groups excluding carboxylic acids is 1. The van der Waals surface area contributed by atoms with Crippen molar-refractivity contribution in [1.29, 1.82) is 0 Å². The van der Waals surface area contributed by atoms with Crippen molar-refractivity contribution in [3.8, 4) is 0 Å². The molecule has 27 heavy (non-hydrogen) atoms. The fourth-order valence-corrected chi connectivity index (χ4v) is 4.32. The number of fused-ring (bicyclic) bond motifs is 1. The molecule has 0 atom stereocenters. The maximum Gasteiger partial charge on any atom is 0.261 e. The van der Waals surface area contributed by atoms with Crippen molar-refractivity contribution >= 4 is 28.5 Å². The first-order valence-corrected chi connectivity index (χ1v) is 9.29. The van der Waals surface area contributed by atoms with Gasteiger partial charge in [0.1, 0.15) is 11.2 Å². The molecule has 0 bridgehead atoms. The normalized spacial score (nSPS) is 18.9. The number of nitrogen functional groups attached to an aromatic ring is 1. The van der Waals surface area contributed by atoms with Gasteiger partial charge in [0.25, 0.3) is 5.91 Å². The van der Waals surface area contributed by atoms with Crippen LogP contribution in [0.25, 0.3) is 11.0 Å². The number of hydrogen-bond acceptors (Lipinski definition) is 6. The molecule has 8 heteroatoms. The number of aromatic amines is 1. The molecule has 1 aliphatic heterocycles. The molecule has 1 saturated carbocycles. The molecule has 0 unspecified atom stereocenters. The van der Waals surface area contributed by atoms with Gasteiger partial charge in [0.15, 0.2) is 0 Å². The van der Waals surface area contributed by atoms with Crippen LogP contribution in [0.15, 0.2) is 29.2 Å². The van der Waals surface area contributed by atoms with E-state index in [1.165, 1.54) is 11.9 Å². The van der Waals surface area contributed by atoms with Gasteiger partial charge in [-0.3, -0.25) is 4.79 Å². The number of aromatic nitrogens is 3. The van der Waals surface area contributed by atoms with Crippen LogP contribution < -0.4 is 10.6 Å². The smallest absolute Gasteiger partial charge is 0.261 e. The molecule has 4 heterocycles. The standard InChI is InChI=1S/C19H22N6O2/c1-12-9-22-17-13(3-6-21-17)15(12)24-7-2-8-25(19(11-24)4-5-19)18(26)14-10-23-27-16(14)20/h3,6,9-10H,2,4-5,7-8,11,20H2,1H3,(H,21,22). The number of hydrogen-bond donors (Lipinski definition) is 2. The van der Waals surface area contributed by atoms with Gasteiger partial charge in [-0.2, -0.15) is 0 Å². The minimum atomic E-state index is -0.143. The van der Waals surface area contributed by atoms with E-state index in [9.17, 15) is 4.79 Å². The van der Waals surface area contributed by atoms with Gasteiger partial charge in [-0.25, -0.2) is 4.98 Å². The number of carbonyl (C=O) groups is 1. The largest absolute Gasteiger partial charge is 0.368 e. The second-order valence-corrected chi connectivity index (χ2v) is 7.59. The Bertz CT molecular complexity index is 1020. The summed E-state index contributed by atoms with van der Waals surface area (Å²) in [6.45, 7) is 4.52. The Morgan fingerprint density at radius 1 is 1.33 bits per heavy atom. The molecule has 140 valence electrons. The van der Waals surface area contributed by atoms with Crippen LogP contribution >= 0.6 is 0 Å². The van der Waals surface area contributed by atoms with Gasteiger partial charge < -0.3 is 25.0 Å². The Labute approximate surface area is 156 Å². The molecule has 2 fully saturated rings. The van der Waals surface area contributed by atoms with Crippen molar-refractivity contribution in [2.24, 2.45) is 0 Å². The molecule has 8 nitrogen and oxygen atoms in total. The Morgan fingerprint density at radius 3 is 2.93 bits per heavy atom. The molecule has 1 saturated heterocycles. The minimum Gasteiger partial charge on any atom is -0.368 e. The number of nitrogens with zero attached hydrogens (tertiary/aromatic N) is 4. The van der Waals surface area contributed by atoms with Crippen LogP contribution in [0.3, 0.4) is 0 Å². The number of nitrogens with two attached hydrogens (primary N) is 1. The summed E-state index contributed by atoms with van der Waals surface area (Å²) in [4.78, 5) is 25.2. The first-order chi connectivity index (χ1) is 13.1. The average molecular weight is 366 g/mol. The van der Waals surface area contributed by atoms with Crippen molar-refractivity contribution in [2.45, 2.75) is 31.7 Å². The highest BCUT2D eigenvalue weighted by Crippen LogP contribution is 2.46. The second-order valence-electron chi connectivity index (χ2n) is 7.59. The summed E-state index contributed by atoms with van der Waals surface area (Å²) in [5.74, 6) is 0.0160. The van der Waals surface area contributed by atoms with Crippen LogP contribution in [-0.4, -0.2) is 51.1 Å². The van der Waals surface area contributed by atoms with Gasteiger partial charge in [0.05, 0.1) is 17.4 Å². The molecule has 5 rings (SSSR count). The van der Waals surface area contributed by atoms with Gasteiger partial charge in [-0.15, -0.1) is 0 Å². The van der Waals surface area contributed by atoms with Crippen LogP contribution in [0.1, 0.15) is 35.2 Å². The fourth-order valence-electron chi connectivity index (χ4n) is 4.32. The lowest BCUT2D eigenvalue weighted by molar-refractivity contribution is 0.0670. The Morgan fingerprint density at radius 2 is 2.19 bits per heavy atom. The van der Waals surface area contributed by atoms with Crippen LogP contribution in [0.5, 0.6) is 0 Å². The third-order valence-corrected chi connectivity index (χ3v) is 5.83. The molecule has 2 aliphatic rings. The predicted molar refractivity (Wildman–Crippen MR) is 102 cm³/mol. The van der Waals surface area contributed by atoms with Crippen LogP contribution in [0.4, 0.5) is 11.6 Å². The monoisotopic (exact) mass is 366 g/mol. The van der Waals surface area contributed by atoms with Crippen LogP contribution in [0, 0.1) is 6.92 Å². The van der Waals surface area contributed by atoms with E-state index in [1.54, 1.807) is 0 Å². The van der Waals surface area contributed by atoms with Crippen molar-refractivity contribution in [2.75, 3.05) is 30.3 Å². The first kappa shape index (κ1) is 16.2. The molecular weight excluding hydrogens is 344 g/mol. The zero-order chi connectivity index (χ0) is 18.6. The van der Waals surface area contributed by atoms with Gasteiger partial charge in [-0.1, -0.05) is 5.16 Å². The zero-order valence-corrected chi connectivity index (χ0v) is 15.2. The summed E-state index contributed by atoms with van der Waals surface area (Å²) in [6, 6.07) is 2.08. The molecule has 1 spiro atoms. The molecule has 1 aliphatic carbocycles. The van der Waals surface area contributed by atoms with Crippen molar-refractivity contribution in [3.63, 3.8) is 0 Å². The summed E-state index contributed by atoms with van der Waals surface area (Å²) >= 11 is 0. The number of anilines is 2. The summed E-state index contributed by atoms with van der Waals surface area (Å²) in [5, 5.41) is 4.80. The predicted octanol–water partition coefficient (Wildman–Crippen LogP) is 2.33. The van der Waals surface area contributed by atoms with Gasteiger partial charge in [0.2, 0.25) is 5.88 Å². The highest BCUT2D eigenvalue weighted by molar-refractivity contribution is 5.98. The maximum absolute atomic E-state index is 13.1. The van der Waals surface area contributed by atoms with E-state index < -0.39 is 0 Å². The van der Waals surface area contributed by atoms with E-state index >= 15 is 0 Å². The number of pyridine rings is 1. The van der Waals surface area contributed by atoms with Gasteiger partial charge >= 0.3 is 0 Å². The lowest BCUT2D eigenvalue weighted by atomic mass is 10.1. The average Bonchev–Trinajstić information content (AvgIpc) is 3.11. The van der Waals surface area contributed by atoms with E-state index in [4.69, 9.17) is 10.3 Å². The lowest BCUT2D eigenvalue weighted by Crippen LogP contribution is -2.46. The number of H-pyrrole nitrogens is 1. The second kappa shape index (κ2) is 5.73. The molecule has 0 radical (unpaired) electrons. The van der Waals surface area contributed by atoms with Crippen molar-refractivity contribution in [1.82, 2.24) is 20.0 Å². The fraction of sp³-hybridized carbons (Fsp3) is 0.421. The summed E-state index contributed by atoms with van der Waals surface area (Å²) in [7, 11) is 0. The van der Waals surface area contributed by atoms with E-state index in [2.05, 4.69) is 33.0 Å². The molecule has 3 N–H and O–H groups in total. The topological polar surface area (TPSA) is 104 Å². The number of nitrogens with one attached hydrogen (secondary N) is 1. The van der Waals surface area contributed by atoms with E-state index in [0.29, 0.717) is 12.1 Å². The van der Waals surface area contributed by atoms with Crippen molar-refractivity contribution < 1.29 is 9.32 Å². The third-order valence-electron chi connectivity index (χ3n) is 5.83. The van der Waals surface area contributed by atoms with Crippen LogP contribution in [-0.2, 0) is 0 Å². The minimum absolute atomic E-state index is 0.0775. The third kappa shape index (κ3) is 2.47. The van der Waals surface area contributed by atoms with E-state index in [0.717, 1.165) is 48.9 Å². The first-order valence-electron chi connectivity index (χ1n) is 9.29. The highest BCUT2D eigenvalue weighted by Gasteiger charge is 2.52. The van der Waals surface area contributed by atoms with Crippen molar-refractivity contribution in [3.05, 3.63) is 35.8 Å². The van der Waals surface area contributed by atoms with E-state index in [-0.39, 0.29) is 17.3 Å². The molecule has 3 aromatic rings. The van der Waals surface area contributed by atoms with Gasteiger partial charge in [0, 0.05) is 37.4 Å². The van der Waals surface area contributed by atoms with Crippen LogP contribution in [0.2, 0.25) is 0 Å². The maximum atomic E-state index is 13.1. The molecule has 0 aromatic carbocycles. The molecule has 1 amide bonds. The number of rotatable bonds is 2. The summed E-state index contributed by atoms with van der Waals surface area (Å²) in [6.07, 6.45) is 8.16. The highest BCUT2D eigenvalue weighted by atomic mass is 16.5. The van der Waals surface area contributed by atoms with E-state index in [1.807, 2.05) is 17.3 Å². The summed E-state index contributed by atoms with van der Waals surface area (Å²) < 4.78 is 4.90. The number of amides is 1. The Balaban J connectivity index is 1.50. The summed E-state index contributed by atoms with van der Waals surface area (Å²) in [5.41, 5.74) is 9.27. The molecular formula is C19H22N6O2. The molecule has 3 aromatic heterocycles.